The molecule has 1 aliphatic carbocycles. The Morgan fingerprint density at radius 1 is 1.38 bits per heavy atom. The van der Waals surface area contributed by atoms with Gasteiger partial charge in [0.1, 0.15) is 11.7 Å². The van der Waals surface area contributed by atoms with E-state index in [9.17, 15) is 9.59 Å². The zero-order chi connectivity index (χ0) is 14.8. The van der Waals surface area contributed by atoms with Crippen molar-refractivity contribution in [1.82, 2.24) is 5.32 Å². The first-order chi connectivity index (χ1) is 9.99. The highest BCUT2D eigenvalue weighted by Crippen LogP contribution is 2.55. The number of carbonyl (C=O) groups is 2. The Morgan fingerprint density at radius 3 is 2.86 bits per heavy atom. The molecule has 0 saturated carbocycles. The Bertz CT molecular complexity index is 544. The fourth-order valence-corrected chi connectivity index (χ4v) is 4.70. The minimum absolute atomic E-state index is 0.00104. The van der Waals surface area contributed by atoms with Crippen LogP contribution in [0.15, 0.2) is 12.2 Å². The van der Waals surface area contributed by atoms with Gasteiger partial charge < -0.3 is 14.8 Å². The van der Waals surface area contributed by atoms with E-state index in [4.69, 9.17) is 9.47 Å². The average Bonchev–Trinajstić information content (AvgIpc) is 2.88. The Kier molecular flexibility index (Phi) is 2.60. The van der Waals surface area contributed by atoms with Crippen LogP contribution >= 0.6 is 0 Å². The first-order valence-corrected chi connectivity index (χ1v) is 7.86. The van der Waals surface area contributed by atoms with Crippen molar-refractivity contribution in [2.75, 3.05) is 0 Å². The first-order valence-electron chi connectivity index (χ1n) is 7.86. The van der Waals surface area contributed by atoms with Crippen molar-refractivity contribution in [3.8, 4) is 0 Å². The van der Waals surface area contributed by atoms with Crippen LogP contribution in [0.5, 0.6) is 0 Å². The summed E-state index contributed by atoms with van der Waals surface area (Å²) in [5, 5.41) is 2.95. The van der Waals surface area contributed by atoms with Gasteiger partial charge in [-0.25, -0.2) is 4.79 Å². The van der Waals surface area contributed by atoms with E-state index in [0.717, 1.165) is 19.3 Å². The lowest BCUT2D eigenvalue weighted by Gasteiger charge is -2.53. The zero-order valence-corrected chi connectivity index (χ0v) is 12.4. The van der Waals surface area contributed by atoms with E-state index in [1.165, 1.54) is 0 Å². The molecule has 1 spiro atoms. The molecule has 5 nitrogen and oxygen atoms in total. The number of fused-ring (bicyclic) bond motifs is 2. The van der Waals surface area contributed by atoms with E-state index in [1.807, 2.05) is 13.8 Å². The summed E-state index contributed by atoms with van der Waals surface area (Å²) in [6.07, 6.45) is 7.80. The lowest BCUT2D eigenvalue weighted by molar-refractivity contribution is -0.229. The van der Waals surface area contributed by atoms with E-state index >= 15 is 0 Å². The average molecular weight is 291 g/mol. The number of hydrogen-bond acceptors (Lipinski definition) is 4. The Morgan fingerprint density at radius 2 is 2.19 bits per heavy atom. The maximum absolute atomic E-state index is 12.4. The van der Waals surface area contributed by atoms with E-state index < -0.39 is 11.1 Å². The lowest BCUT2D eigenvalue weighted by Crippen LogP contribution is -2.79. The van der Waals surface area contributed by atoms with Crippen LogP contribution in [-0.4, -0.2) is 35.2 Å². The molecule has 3 saturated heterocycles. The highest BCUT2D eigenvalue weighted by molar-refractivity contribution is 6.00. The van der Waals surface area contributed by atoms with Gasteiger partial charge in [0.25, 0.3) is 0 Å². The third-order valence-corrected chi connectivity index (χ3v) is 5.76. The maximum Gasteiger partial charge on any atom is 0.339 e. The largest absolute Gasteiger partial charge is 0.457 e. The topological polar surface area (TPSA) is 64.6 Å². The zero-order valence-electron chi connectivity index (χ0n) is 12.4. The van der Waals surface area contributed by atoms with Crippen molar-refractivity contribution in [3.63, 3.8) is 0 Å². The lowest BCUT2D eigenvalue weighted by atomic mass is 9.66. The Labute approximate surface area is 124 Å². The van der Waals surface area contributed by atoms with Crippen molar-refractivity contribution in [3.05, 3.63) is 12.2 Å². The summed E-state index contributed by atoms with van der Waals surface area (Å²) < 4.78 is 11.6. The van der Waals surface area contributed by atoms with Crippen LogP contribution in [0, 0.1) is 11.8 Å². The van der Waals surface area contributed by atoms with Gasteiger partial charge in [-0.1, -0.05) is 12.2 Å². The van der Waals surface area contributed by atoms with E-state index in [0.29, 0.717) is 6.42 Å². The number of carbonyl (C=O) groups excluding carboxylic acids is 2. The van der Waals surface area contributed by atoms with Gasteiger partial charge in [0.05, 0.1) is 12.0 Å². The van der Waals surface area contributed by atoms with Crippen LogP contribution in [-0.2, 0) is 19.1 Å². The van der Waals surface area contributed by atoms with Crippen LogP contribution < -0.4 is 5.32 Å². The molecule has 0 aromatic heterocycles. The van der Waals surface area contributed by atoms with Crippen molar-refractivity contribution in [2.24, 2.45) is 11.8 Å². The predicted octanol–water partition coefficient (Wildman–Crippen LogP) is 1.32. The molecule has 3 fully saturated rings. The molecule has 114 valence electrons. The molecule has 3 heterocycles. The van der Waals surface area contributed by atoms with E-state index in [-0.39, 0.29) is 35.9 Å². The molecule has 0 bridgehead atoms. The normalized spacial score (nSPS) is 51.5. The van der Waals surface area contributed by atoms with Gasteiger partial charge >= 0.3 is 5.97 Å². The molecule has 6 atom stereocenters. The molecule has 0 radical (unpaired) electrons. The maximum atomic E-state index is 12.4. The molecule has 3 aliphatic heterocycles. The smallest absolute Gasteiger partial charge is 0.339 e. The number of amides is 1. The van der Waals surface area contributed by atoms with Crippen LogP contribution in [0.2, 0.25) is 0 Å². The standard InChI is InChI=1S/C16H21NO4/c1-9-8-11-13(18)17-16(15(11,2)21-9)12(20-14(16)19)10-6-4-3-5-7-10/h4,6,9-12H,3,5,7-8H2,1-2H3,(H,17,18)/t9-,10?,11-,12-,15-,16-/m0/s1. The Balaban J connectivity index is 1.74. The summed E-state index contributed by atoms with van der Waals surface area (Å²) in [5.41, 5.74) is -1.78. The quantitative estimate of drug-likeness (QED) is 0.584. The minimum atomic E-state index is -0.994. The highest BCUT2D eigenvalue weighted by Gasteiger charge is 2.79. The minimum Gasteiger partial charge on any atom is -0.457 e. The van der Waals surface area contributed by atoms with Gasteiger partial charge in [-0.05, 0) is 39.5 Å². The third-order valence-electron chi connectivity index (χ3n) is 5.76. The summed E-state index contributed by atoms with van der Waals surface area (Å²) in [6, 6.07) is 0. The summed E-state index contributed by atoms with van der Waals surface area (Å²) in [7, 11) is 0. The molecule has 1 amide bonds. The monoisotopic (exact) mass is 291 g/mol. The summed E-state index contributed by atoms with van der Waals surface area (Å²) in [5.74, 6) is -0.482. The van der Waals surface area contributed by atoms with Crippen LogP contribution in [0.3, 0.4) is 0 Å². The number of hydrogen-bond donors (Lipinski definition) is 1. The van der Waals surface area contributed by atoms with Gasteiger partial charge in [-0.3, -0.25) is 4.79 Å². The number of cyclic esters (lactones) is 1. The molecule has 0 aromatic carbocycles. The van der Waals surface area contributed by atoms with Crippen molar-refractivity contribution in [1.29, 1.82) is 0 Å². The fourth-order valence-electron chi connectivity index (χ4n) is 4.70. The number of nitrogens with one attached hydrogen (secondary N) is 1. The second-order valence-corrected chi connectivity index (χ2v) is 6.97. The fraction of sp³-hybridized carbons (Fsp3) is 0.750. The number of esters is 1. The second-order valence-electron chi connectivity index (χ2n) is 6.97. The van der Waals surface area contributed by atoms with Gasteiger partial charge in [-0.2, -0.15) is 0 Å². The van der Waals surface area contributed by atoms with Crippen LogP contribution in [0.4, 0.5) is 0 Å². The SMILES string of the molecule is C[C@H]1C[C@H]2C(=O)N[C@@]3(C(=O)O[C@H]3C3C=CCCC3)[C@@]2(C)O1. The molecule has 5 heteroatoms. The van der Waals surface area contributed by atoms with Gasteiger partial charge in [0.15, 0.2) is 0 Å². The van der Waals surface area contributed by atoms with Gasteiger partial charge in [0.2, 0.25) is 11.4 Å². The first kappa shape index (κ1) is 13.3. The van der Waals surface area contributed by atoms with Crippen LogP contribution in [0.1, 0.15) is 39.5 Å². The number of allylic oxidation sites excluding steroid dienone is 1. The van der Waals surface area contributed by atoms with Crippen molar-refractivity contribution >= 4 is 11.9 Å². The molecular formula is C16H21NO4. The summed E-state index contributed by atoms with van der Waals surface area (Å²) in [4.78, 5) is 24.7. The molecule has 1 N–H and O–H groups in total. The van der Waals surface area contributed by atoms with Crippen LogP contribution in [0.25, 0.3) is 0 Å². The van der Waals surface area contributed by atoms with Crippen molar-refractivity contribution < 1.29 is 19.1 Å². The van der Waals surface area contributed by atoms with E-state index in [1.54, 1.807) is 0 Å². The molecule has 4 aliphatic rings. The summed E-state index contributed by atoms with van der Waals surface area (Å²) >= 11 is 0. The molecule has 21 heavy (non-hydrogen) atoms. The second kappa shape index (κ2) is 4.09. The molecule has 0 aromatic rings. The van der Waals surface area contributed by atoms with Crippen molar-refractivity contribution in [2.45, 2.75) is 62.9 Å². The molecule has 1 unspecified atom stereocenters. The van der Waals surface area contributed by atoms with E-state index in [2.05, 4.69) is 17.5 Å². The summed E-state index contributed by atoms with van der Waals surface area (Å²) in [6.45, 7) is 3.86. The highest BCUT2D eigenvalue weighted by atomic mass is 16.6. The van der Waals surface area contributed by atoms with Gasteiger partial charge in [-0.15, -0.1) is 0 Å². The molecular weight excluding hydrogens is 270 g/mol. The van der Waals surface area contributed by atoms with Gasteiger partial charge in [0, 0.05) is 5.92 Å². The third kappa shape index (κ3) is 1.45. The number of rotatable bonds is 1. The predicted molar refractivity (Wildman–Crippen MR) is 74.3 cm³/mol. The number of ether oxygens (including phenoxy) is 2. The molecule has 4 rings (SSSR count). The Hall–Kier alpha value is -1.36.